The molecule has 0 saturated heterocycles. The smallest absolute Gasteiger partial charge is 0.312 e. The summed E-state index contributed by atoms with van der Waals surface area (Å²) in [6.07, 6.45) is 3.95. The molecule has 116 valence electrons. The summed E-state index contributed by atoms with van der Waals surface area (Å²) in [6.45, 7) is 0.156. The number of aromatic nitrogens is 2. The van der Waals surface area contributed by atoms with Crippen LogP contribution in [0.3, 0.4) is 0 Å². The Morgan fingerprint density at radius 3 is 2.16 bits per heavy atom. The van der Waals surface area contributed by atoms with Crippen molar-refractivity contribution < 1.29 is 0 Å². The number of hydrogen-bond donors (Lipinski definition) is 0. The number of imidazole rings is 1. The van der Waals surface area contributed by atoms with Gasteiger partial charge >= 0.3 is 6.85 Å². The van der Waals surface area contributed by atoms with E-state index >= 15 is 0 Å². The Morgan fingerprint density at radius 1 is 0.680 bits per heavy atom. The first kappa shape index (κ1) is 13.1. The zero-order valence-electron chi connectivity index (χ0n) is 13.5. The lowest BCUT2D eigenvalue weighted by Gasteiger charge is -2.42. The molecule has 4 aromatic rings. The van der Waals surface area contributed by atoms with Crippen LogP contribution >= 0.6 is 0 Å². The third-order valence-corrected chi connectivity index (χ3v) is 5.29. The fourth-order valence-corrected chi connectivity index (χ4v) is 4.30. The number of para-hydroxylation sites is 1. The first-order valence-corrected chi connectivity index (χ1v) is 8.54. The maximum Gasteiger partial charge on any atom is 0.348 e. The van der Waals surface area contributed by atoms with Gasteiger partial charge in [0, 0.05) is 23.5 Å². The minimum atomic E-state index is 0.156. The number of anilines is 1. The van der Waals surface area contributed by atoms with Gasteiger partial charge in [0.15, 0.2) is 5.82 Å². The van der Waals surface area contributed by atoms with Gasteiger partial charge in [0.2, 0.25) is 0 Å². The Kier molecular flexibility index (Phi) is 2.42. The SMILES string of the molecule is c1ccc2c(c1)B1c3ccccc3-c3nccn3N1c1ccccc1-2. The standard InChI is InChI=1S/C21H14BN3/c1-4-10-18-15(7-1)16-8-3-6-12-20(16)25-22(18)19-11-5-2-9-17(19)21-23-13-14-24(21)25/h1-14H. The molecule has 3 nitrogen and oxygen atoms in total. The van der Waals surface area contributed by atoms with E-state index in [1.165, 1.54) is 33.3 Å². The normalized spacial score (nSPS) is 13.4. The third-order valence-electron chi connectivity index (χ3n) is 5.29. The number of nitrogens with zero attached hydrogens (tertiary/aromatic N) is 3. The van der Waals surface area contributed by atoms with Crippen LogP contribution in [0.1, 0.15) is 0 Å². The second kappa shape index (κ2) is 4.64. The van der Waals surface area contributed by atoms with Crippen molar-refractivity contribution >= 4 is 23.5 Å². The lowest BCUT2D eigenvalue weighted by atomic mass is 9.45. The average molecular weight is 319 g/mol. The highest BCUT2D eigenvalue weighted by Crippen LogP contribution is 2.38. The van der Waals surface area contributed by atoms with Gasteiger partial charge in [-0.15, -0.1) is 0 Å². The van der Waals surface area contributed by atoms with E-state index in [0.717, 1.165) is 5.82 Å². The molecule has 0 bridgehead atoms. The first-order valence-electron chi connectivity index (χ1n) is 8.54. The van der Waals surface area contributed by atoms with E-state index in [1.807, 2.05) is 6.20 Å². The zero-order valence-corrected chi connectivity index (χ0v) is 13.5. The highest BCUT2D eigenvalue weighted by atomic mass is 15.5. The van der Waals surface area contributed by atoms with Crippen molar-refractivity contribution in [1.82, 2.24) is 9.66 Å². The van der Waals surface area contributed by atoms with Gasteiger partial charge in [0.05, 0.1) is 5.69 Å². The molecule has 0 unspecified atom stereocenters. The van der Waals surface area contributed by atoms with Crippen molar-refractivity contribution in [3.63, 3.8) is 0 Å². The quantitative estimate of drug-likeness (QED) is 0.465. The number of benzene rings is 3. The van der Waals surface area contributed by atoms with Crippen LogP contribution in [-0.4, -0.2) is 16.5 Å². The van der Waals surface area contributed by atoms with E-state index in [4.69, 9.17) is 0 Å². The Morgan fingerprint density at radius 2 is 1.32 bits per heavy atom. The predicted octanol–water partition coefficient (Wildman–Crippen LogP) is 2.92. The molecule has 0 amide bonds. The highest BCUT2D eigenvalue weighted by molar-refractivity contribution is 6.91. The van der Waals surface area contributed by atoms with Crippen molar-refractivity contribution in [2.45, 2.75) is 0 Å². The Bertz CT molecular complexity index is 1130. The van der Waals surface area contributed by atoms with Crippen LogP contribution in [0.25, 0.3) is 22.5 Å². The lowest BCUT2D eigenvalue weighted by Crippen LogP contribution is -2.63. The molecule has 2 aliphatic rings. The Balaban J connectivity index is 1.77. The summed E-state index contributed by atoms with van der Waals surface area (Å²) in [7, 11) is 0. The summed E-state index contributed by atoms with van der Waals surface area (Å²) in [4.78, 5) is 7.02. The molecule has 0 atom stereocenters. The summed E-state index contributed by atoms with van der Waals surface area (Å²) in [5, 5.41) is 0. The molecule has 2 aliphatic heterocycles. The van der Waals surface area contributed by atoms with Crippen LogP contribution in [0.5, 0.6) is 0 Å². The van der Waals surface area contributed by atoms with E-state index in [-0.39, 0.29) is 6.85 Å². The van der Waals surface area contributed by atoms with Gasteiger partial charge in [-0.05, 0) is 22.6 Å². The van der Waals surface area contributed by atoms with Crippen LogP contribution in [0, 0.1) is 0 Å². The minimum absolute atomic E-state index is 0.156. The topological polar surface area (TPSA) is 21.1 Å². The van der Waals surface area contributed by atoms with E-state index in [1.54, 1.807) is 0 Å². The molecule has 1 aromatic heterocycles. The summed E-state index contributed by atoms with van der Waals surface area (Å²) in [5.41, 5.74) is 7.67. The van der Waals surface area contributed by atoms with E-state index in [0.29, 0.717) is 0 Å². The Labute approximate surface area is 146 Å². The van der Waals surface area contributed by atoms with Gasteiger partial charge in [0.25, 0.3) is 0 Å². The Hall–Kier alpha value is -3.27. The van der Waals surface area contributed by atoms with Crippen molar-refractivity contribution in [2.75, 3.05) is 4.92 Å². The monoisotopic (exact) mass is 319 g/mol. The lowest BCUT2D eigenvalue weighted by molar-refractivity contribution is 0.856. The van der Waals surface area contributed by atoms with Crippen LogP contribution in [0.15, 0.2) is 85.2 Å². The van der Waals surface area contributed by atoms with Gasteiger partial charge in [-0.2, -0.15) is 0 Å². The second-order valence-electron chi connectivity index (χ2n) is 6.53. The van der Waals surface area contributed by atoms with Crippen molar-refractivity contribution in [1.29, 1.82) is 0 Å². The summed E-state index contributed by atoms with van der Waals surface area (Å²) in [6, 6.07) is 26.0. The zero-order chi connectivity index (χ0) is 16.4. The maximum absolute atomic E-state index is 4.64. The molecule has 25 heavy (non-hydrogen) atoms. The fraction of sp³-hybridized carbons (Fsp3) is 0. The van der Waals surface area contributed by atoms with Crippen LogP contribution in [-0.2, 0) is 0 Å². The molecule has 4 heteroatoms. The van der Waals surface area contributed by atoms with Crippen LogP contribution in [0.2, 0.25) is 0 Å². The van der Waals surface area contributed by atoms with Gasteiger partial charge in [-0.25, -0.2) is 4.98 Å². The van der Waals surface area contributed by atoms with E-state index in [2.05, 4.69) is 93.6 Å². The van der Waals surface area contributed by atoms with Crippen molar-refractivity contribution in [3.05, 3.63) is 85.2 Å². The van der Waals surface area contributed by atoms with Gasteiger partial charge in [0.1, 0.15) is 0 Å². The molecule has 0 radical (unpaired) electrons. The molecule has 0 saturated carbocycles. The van der Waals surface area contributed by atoms with Gasteiger partial charge < -0.3 is 4.92 Å². The van der Waals surface area contributed by atoms with Crippen LogP contribution < -0.4 is 15.8 Å². The second-order valence-corrected chi connectivity index (χ2v) is 6.53. The maximum atomic E-state index is 4.64. The summed E-state index contributed by atoms with van der Waals surface area (Å²) < 4.78 is 2.20. The van der Waals surface area contributed by atoms with Crippen LogP contribution in [0.4, 0.5) is 5.69 Å². The number of hydrogen-bond acceptors (Lipinski definition) is 2. The summed E-state index contributed by atoms with van der Waals surface area (Å²) >= 11 is 0. The molecule has 0 fully saturated rings. The number of rotatable bonds is 0. The van der Waals surface area contributed by atoms with Crippen molar-refractivity contribution in [3.8, 4) is 22.5 Å². The number of fused-ring (bicyclic) bond motifs is 11. The van der Waals surface area contributed by atoms with Gasteiger partial charge in [-0.1, -0.05) is 66.7 Å². The largest absolute Gasteiger partial charge is 0.348 e. The molecule has 3 heterocycles. The van der Waals surface area contributed by atoms with E-state index < -0.39 is 0 Å². The van der Waals surface area contributed by atoms with Gasteiger partial charge in [-0.3, -0.25) is 4.68 Å². The molecule has 0 N–H and O–H groups in total. The van der Waals surface area contributed by atoms with Crippen molar-refractivity contribution in [2.24, 2.45) is 0 Å². The molecular formula is C21H14BN3. The predicted molar refractivity (Wildman–Crippen MR) is 102 cm³/mol. The molecule has 0 spiro atoms. The molecule has 6 rings (SSSR count). The molecule has 0 aliphatic carbocycles. The minimum Gasteiger partial charge on any atom is -0.312 e. The molecular weight excluding hydrogens is 305 g/mol. The van der Waals surface area contributed by atoms with E-state index in [9.17, 15) is 0 Å². The summed E-state index contributed by atoms with van der Waals surface area (Å²) in [5.74, 6) is 1.00. The molecule has 3 aromatic carbocycles. The third kappa shape index (κ3) is 1.59. The highest BCUT2D eigenvalue weighted by Gasteiger charge is 2.42. The fourth-order valence-electron chi connectivity index (χ4n) is 4.30. The first-order chi connectivity index (χ1) is 12.4. The average Bonchev–Trinajstić information content (AvgIpc) is 3.17.